The fraction of sp³-hybridized carbons (Fsp3) is 0.280. The topological polar surface area (TPSA) is 71.9 Å². The van der Waals surface area contributed by atoms with Crippen molar-refractivity contribution in [1.82, 2.24) is 9.88 Å². The van der Waals surface area contributed by atoms with Crippen molar-refractivity contribution in [2.45, 2.75) is 20.4 Å². The normalized spacial score (nSPS) is 15.1. The Hall–Kier alpha value is -3.38. The van der Waals surface area contributed by atoms with E-state index in [1.54, 1.807) is 7.11 Å². The predicted molar refractivity (Wildman–Crippen MR) is 122 cm³/mol. The molecule has 1 aromatic heterocycles. The van der Waals surface area contributed by atoms with E-state index < -0.39 is 5.97 Å². The van der Waals surface area contributed by atoms with Gasteiger partial charge in [0, 0.05) is 24.0 Å². The van der Waals surface area contributed by atoms with Crippen LogP contribution >= 0.6 is 0 Å². The van der Waals surface area contributed by atoms with Crippen LogP contribution < -0.4 is 9.47 Å². The maximum atomic E-state index is 12.2. The number of nitrogens with zero attached hydrogens (tertiary/aromatic N) is 2. The Labute approximate surface area is 181 Å². The van der Waals surface area contributed by atoms with Crippen LogP contribution in [0.3, 0.4) is 0 Å². The van der Waals surface area contributed by atoms with Gasteiger partial charge in [-0.3, -0.25) is 4.90 Å². The lowest BCUT2D eigenvalue weighted by atomic mass is 9.92. The summed E-state index contributed by atoms with van der Waals surface area (Å²) in [7, 11) is 1.62. The minimum atomic E-state index is -0.921. The van der Waals surface area contributed by atoms with Crippen molar-refractivity contribution in [2.24, 2.45) is 0 Å². The lowest BCUT2D eigenvalue weighted by molar-refractivity contribution is 0.0696. The number of hydrogen-bond acceptors (Lipinski definition) is 5. The largest absolute Gasteiger partial charge is 0.493 e. The van der Waals surface area contributed by atoms with Crippen LogP contribution in [0.25, 0.3) is 22.6 Å². The van der Waals surface area contributed by atoms with E-state index in [-0.39, 0.29) is 0 Å². The van der Waals surface area contributed by atoms with Gasteiger partial charge in [-0.25, -0.2) is 9.78 Å². The standard InChI is InChI=1S/C25H26N2O4/c1-4-27-14-17(12-16-10-11-21(31-5-2)22(13-16)30-3)24-19(15-27)23(25(28)29)18-8-6-7-9-20(18)26-24/h6-13H,4-5,14-15H2,1-3H3,(H,28,29)/b17-12-. The van der Waals surface area contributed by atoms with E-state index in [4.69, 9.17) is 14.5 Å². The molecular formula is C25H26N2O4. The molecule has 0 aliphatic carbocycles. The first kappa shape index (κ1) is 20.9. The van der Waals surface area contributed by atoms with Crippen LogP contribution in [-0.4, -0.2) is 47.8 Å². The summed E-state index contributed by atoms with van der Waals surface area (Å²) in [6, 6.07) is 13.2. The van der Waals surface area contributed by atoms with Gasteiger partial charge < -0.3 is 14.6 Å². The minimum absolute atomic E-state index is 0.342. The van der Waals surface area contributed by atoms with E-state index in [2.05, 4.69) is 17.9 Å². The highest BCUT2D eigenvalue weighted by Gasteiger charge is 2.28. The molecule has 0 atom stereocenters. The molecule has 0 unspecified atom stereocenters. The third kappa shape index (κ3) is 3.99. The Morgan fingerprint density at radius 2 is 1.97 bits per heavy atom. The zero-order valence-electron chi connectivity index (χ0n) is 18.0. The highest BCUT2D eigenvalue weighted by atomic mass is 16.5. The van der Waals surface area contributed by atoms with E-state index in [1.807, 2.05) is 49.4 Å². The maximum Gasteiger partial charge on any atom is 0.336 e. The van der Waals surface area contributed by atoms with Crippen molar-refractivity contribution >= 4 is 28.5 Å². The SMILES string of the molecule is CCOc1ccc(/C=C2/CN(CC)Cc3c2nc2ccccc2c3C(=O)O)cc1OC. The van der Waals surface area contributed by atoms with Gasteiger partial charge in [-0.15, -0.1) is 0 Å². The van der Waals surface area contributed by atoms with Gasteiger partial charge in [-0.1, -0.05) is 31.2 Å². The zero-order valence-corrected chi connectivity index (χ0v) is 18.0. The van der Waals surface area contributed by atoms with E-state index in [0.717, 1.165) is 28.9 Å². The number of carboxylic acids is 1. The average Bonchev–Trinajstić information content (AvgIpc) is 2.78. The number of para-hydroxylation sites is 1. The van der Waals surface area contributed by atoms with Gasteiger partial charge in [-0.2, -0.15) is 0 Å². The quantitative estimate of drug-likeness (QED) is 0.625. The van der Waals surface area contributed by atoms with Crippen LogP contribution in [-0.2, 0) is 6.54 Å². The number of aromatic nitrogens is 1. The Morgan fingerprint density at radius 1 is 1.16 bits per heavy atom. The molecule has 2 heterocycles. The summed E-state index contributed by atoms with van der Waals surface area (Å²) in [4.78, 5) is 19.3. The summed E-state index contributed by atoms with van der Waals surface area (Å²) in [5.74, 6) is 0.441. The first-order valence-corrected chi connectivity index (χ1v) is 10.4. The van der Waals surface area contributed by atoms with Crippen molar-refractivity contribution in [1.29, 1.82) is 0 Å². The van der Waals surface area contributed by atoms with Crippen LogP contribution in [0, 0.1) is 0 Å². The molecule has 6 heteroatoms. The van der Waals surface area contributed by atoms with Gasteiger partial charge in [0.05, 0.1) is 30.5 Å². The summed E-state index contributed by atoms with van der Waals surface area (Å²) in [5.41, 5.74) is 4.50. The third-order valence-electron chi connectivity index (χ3n) is 5.56. The molecule has 6 nitrogen and oxygen atoms in total. The molecule has 31 heavy (non-hydrogen) atoms. The molecule has 4 rings (SSSR count). The van der Waals surface area contributed by atoms with Gasteiger partial charge in [0.1, 0.15) is 0 Å². The number of rotatable bonds is 6. The second kappa shape index (κ2) is 8.78. The molecule has 1 N–H and O–H groups in total. The number of methoxy groups -OCH3 is 1. The molecule has 2 aromatic carbocycles. The van der Waals surface area contributed by atoms with Gasteiger partial charge in [0.25, 0.3) is 0 Å². The van der Waals surface area contributed by atoms with E-state index in [1.165, 1.54) is 0 Å². The van der Waals surface area contributed by atoms with E-state index in [0.29, 0.717) is 47.7 Å². The van der Waals surface area contributed by atoms with Gasteiger partial charge in [0.2, 0.25) is 0 Å². The highest BCUT2D eigenvalue weighted by Crippen LogP contribution is 2.35. The van der Waals surface area contributed by atoms with E-state index >= 15 is 0 Å². The van der Waals surface area contributed by atoms with E-state index in [9.17, 15) is 9.90 Å². The molecule has 1 aliphatic heterocycles. The van der Waals surface area contributed by atoms with Crippen molar-refractivity contribution in [3.63, 3.8) is 0 Å². The number of carbonyl (C=O) groups is 1. The van der Waals surface area contributed by atoms with Crippen molar-refractivity contribution in [3.05, 3.63) is 64.8 Å². The summed E-state index contributed by atoms with van der Waals surface area (Å²) >= 11 is 0. The van der Waals surface area contributed by atoms with Crippen molar-refractivity contribution in [3.8, 4) is 11.5 Å². The molecule has 0 saturated carbocycles. The van der Waals surface area contributed by atoms with Crippen LogP contribution in [0.4, 0.5) is 0 Å². The number of carboxylic acid groups (broad SMARTS) is 1. The molecule has 3 aromatic rings. The molecule has 160 valence electrons. The van der Waals surface area contributed by atoms with Gasteiger partial charge >= 0.3 is 5.97 Å². The molecule has 0 bridgehead atoms. The predicted octanol–water partition coefficient (Wildman–Crippen LogP) is 4.72. The molecule has 0 amide bonds. The third-order valence-corrected chi connectivity index (χ3v) is 5.56. The second-order valence-corrected chi connectivity index (χ2v) is 7.45. The number of likely N-dealkylation sites (N-methyl/N-ethyl adjacent to an activating group) is 1. The summed E-state index contributed by atoms with van der Waals surface area (Å²) < 4.78 is 11.1. The van der Waals surface area contributed by atoms with Crippen LogP contribution in [0.15, 0.2) is 42.5 Å². The van der Waals surface area contributed by atoms with Crippen molar-refractivity contribution in [2.75, 3.05) is 26.8 Å². The average molecular weight is 418 g/mol. The van der Waals surface area contributed by atoms with Gasteiger partial charge in [-0.05, 0) is 48.9 Å². The number of hydrogen-bond donors (Lipinski definition) is 1. The summed E-state index contributed by atoms with van der Waals surface area (Å²) in [6.45, 7) is 6.65. The lowest BCUT2D eigenvalue weighted by Crippen LogP contribution is -2.31. The molecule has 0 fully saturated rings. The van der Waals surface area contributed by atoms with Crippen LogP contribution in [0.5, 0.6) is 11.5 Å². The van der Waals surface area contributed by atoms with Gasteiger partial charge in [0.15, 0.2) is 11.5 Å². The molecule has 0 saturated heterocycles. The Balaban J connectivity index is 1.90. The van der Waals surface area contributed by atoms with Crippen LogP contribution in [0.2, 0.25) is 0 Å². The monoisotopic (exact) mass is 418 g/mol. The number of ether oxygens (including phenoxy) is 2. The summed E-state index contributed by atoms with van der Waals surface area (Å²) in [5, 5.41) is 10.7. The number of aromatic carboxylic acids is 1. The molecular weight excluding hydrogens is 392 g/mol. The number of benzene rings is 2. The first-order valence-electron chi connectivity index (χ1n) is 10.4. The fourth-order valence-electron chi connectivity index (χ4n) is 4.10. The van der Waals surface area contributed by atoms with Crippen LogP contribution in [0.1, 0.15) is 41.0 Å². The minimum Gasteiger partial charge on any atom is -0.493 e. The number of pyridine rings is 1. The number of fused-ring (bicyclic) bond motifs is 2. The maximum absolute atomic E-state index is 12.2. The molecule has 0 spiro atoms. The second-order valence-electron chi connectivity index (χ2n) is 7.45. The highest BCUT2D eigenvalue weighted by molar-refractivity contribution is 6.06. The molecule has 0 radical (unpaired) electrons. The first-order chi connectivity index (χ1) is 15.0. The van der Waals surface area contributed by atoms with Crippen molar-refractivity contribution < 1.29 is 19.4 Å². The zero-order chi connectivity index (χ0) is 22.0. The lowest BCUT2D eigenvalue weighted by Gasteiger charge is -2.30. The Morgan fingerprint density at radius 3 is 2.68 bits per heavy atom. The Bertz CT molecular complexity index is 1170. The molecule has 1 aliphatic rings. The fourth-order valence-corrected chi connectivity index (χ4v) is 4.10. The Kier molecular flexibility index (Phi) is 5.91. The summed E-state index contributed by atoms with van der Waals surface area (Å²) in [6.07, 6.45) is 2.06. The smallest absolute Gasteiger partial charge is 0.336 e.